The van der Waals surface area contributed by atoms with Crippen molar-refractivity contribution >= 4 is 22.8 Å². The Morgan fingerprint density at radius 1 is 0.595 bits per heavy atom. The molecule has 0 nitrogen and oxygen atoms in total. The second-order valence-electron chi connectivity index (χ2n) is 10.6. The fourth-order valence-electron chi connectivity index (χ4n) is 6.04. The molecule has 42 heavy (non-hydrogen) atoms. The van der Waals surface area contributed by atoms with Gasteiger partial charge in [-0.2, -0.15) is 0 Å². The maximum absolute atomic E-state index is 3.79. The smallest absolute Gasteiger partial charge is 1.00 e. The van der Waals surface area contributed by atoms with E-state index in [0.29, 0.717) is 0 Å². The molecule has 0 aliphatic heterocycles. The molecule has 0 fully saturated rings. The van der Waals surface area contributed by atoms with Gasteiger partial charge in [-0.1, -0.05) is 125 Å². The van der Waals surface area contributed by atoms with Gasteiger partial charge in [0.25, 0.3) is 0 Å². The molecule has 0 atom stereocenters. The molecule has 0 saturated heterocycles. The minimum atomic E-state index is 0. The number of benzene rings is 5. The number of allylic oxidation sites excluding steroid dienone is 4. The van der Waals surface area contributed by atoms with Crippen LogP contribution >= 0.6 is 0 Å². The average Bonchev–Trinajstić information content (AvgIpc) is 3.62. The number of halogens is 2. The van der Waals surface area contributed by atoms with Gasteiger partial charge in [0, 0.05) is 0 Å². The molecule has 0 unspecified atom stereocenters. The zero-order valence-electron chi connectivity index (χ0n) is 23.6. The minimum Gasteiger partial charge on any atom is -1.00 e. The second-order valence-corrected chi connectivity index (χ2v) is 10.6. The molecule has 203 valence electrons. The van der Waals surface area contributed by atoms with Crippen LogP contribution < -0.4 is 35.3 Å². The Morgan fingerprint density at radius 3 is 1.79 bits per heavy atom. The van der Waals surface area contributed by atoms with Gasteiger partial charge in [0.1, 0.15) is 0 Å². The predicted molar refractivity (Wildman–Crippen MR) is 165 cm³/mol. The molecule has 7 rings (SSSR count). The molecule has 5 aromatic rings. The summed E-state index contributed by atoms with van der Waals surface area (Å²) in [5, 5.41) is 5.06. The van der Waals surface area contributed by atoms with Gasteiger partial charge >= 0.3 is 26.2 Å². The number of fused-ring (bicyclic) bond motifs is 2. The van der Waals surface area contributed by atoms with Gasteiger partial charge in [-0.25, -0.2) is 0 Å². The summed E-state index contributed by atoms with van der Waals surface area (Å²) in [7, 11) is 0. The summed E-state index contributed by atoms with van der Waals surface area (Å²) in [5.41, 5.74) is 12.8. The van der Waals surface area contributed by atoms with E-state index in [1.807, 2.05) is 0 Å². The van der Waals surface area contributed by atoms with Crippen molar-refractivity contribution in [1.82, 2.24) is 0 Å². The van der Waals surface area contributed by atoms with Crippen LogP contribution in [0.2, 0.25) is 0 Å². The van der Waals surface area contributed by atoms with Crippen molar-refractivity contribution in [2.45, 2.75) is 20.3 Å². The summed E-state index contributed by atoms with van der Waals surface area (Å²) in [6.45, 7) is 4.44. The third-order valence-electron chi connectivity index (χ3n) is 7.91. The number of rotatable bonds is 4. The monoisotopic (exact) mass is 657 g/mol. The van der Waals surface area contributed by atoms with Crippen LogP contribution in [0.15, 0.2) is 127 Å². The first-order valence-electron chi connectivity index (χ1n) is 13.7. The van der Waals surface area contributed by atoms with E-state index in [2.05, 4.69) is 147 Å². The molecule has 5 aromatic carbocycles. The van der Waals surface area contributed by atoms with Crippen molar-refractivity contribution in [2.75, 3.05) is 0 Å². The molecule has 0 heterocycles. The second kappa shape index (κ2) is 13.4. The van der Waals surface area contributed by atoms with Crippen LogP contribution in [-0.2, 0) is 26.2 Å². The van der Waals surface area contributed by atoms with Crippen LogP contribution in [0.5, 0.6) is 0 Å². The van der Waals surface area contributed by atoms with Gasteiger partial charge < -0.3 is 24.8 Å². The van der Waals surface area contributed by atoms with Gasteiger partial charge in [-0.3, -0.25) is 0 Å². The summed E-state index contributed by atoms with van der Waals surface area (Å²) in [5.74, 6) is 0. The molecule has 0 spiro atoms. The van der Waals surface area contributed by atoms with Crippen molar-refractivity contribution in [2.24, 2.45) is 0 Å². The van der Waals surface area contributed by atoms with Gasteiger partial charge in [-0.05, 0) is 71.9 Å². The summed E-state index contributed by atoms with van der Waals surface area (Å²) in [6, 6.07) is 41.7. The predicted octanol–water partition coefficient (Wildman–Crippen LogP) is 2.39. The number of hydrogen-bond acceptors (Lipinski definition) is 0. The van der Waals surface area contributed by atoms with Crippen molar-refractivity contribution in [1.29, 1.82) is 0 Å². The maximum Gasteiger partial charge on any atom is 3.00 e. The van der Waals surface area contributed by atoms with Gasteiger partial charge in [0.15, 0.2) is 0 Å². The van der Waals surface area contributed by atoms with Crippen LogP contribution in [0.1, 0.15) is 37.0 Å². The van der Waals surface area contributed by atoms with Crippen molar-refractivity contribution in [3.63, 3.8) is 0 Å². The SMILES string of the molecule is CC(C)=c1ccc2c(c1C1=C(c3cc(-c4ccccc4)cc(-c4ccccc4)c3)C=CC1)[C-]=c1ccccc1=2.[Cl-].[Cl-].[Zr+3]. The Kier molecular flexibility index (Phi) is 10.1. The first-order valence-corrected chi connectivity index (χ1v) is 13.7. The molecule has 0 bridgehead atoms. The zero-order chi connectivity index (χ0) is 26.3. The maximum atomic E-state index is 3.79. The third-order valence-corrected chi connectivity index (χ3v) is 7.91. The van der Waals surface area contributed by atoms with E-state index < -0.39 is 0 Å². The largest absolute Gasteiger partial charge is 3.00 e. The number of hydrogen-bond donors (Lipinski definition) is 0. The van der Waals surface area contributed by atoms with Gasteiger partial charge in [0.05, 0.1) is 0 Å². The molecular weight excluding hydrogens is 631 g/mol. The quantitative estimate of drug-likeness (QED) is 0.255. The third kappa shape index (κ3) is 5.71. The molecular formula is C39H29Cl2Zr. The first kappa shape index (κ1) is 31.7. The minimum absolute atomic E-state index is 0. The van der Waals surface area contributed by atoms with Crippen molar-refractivity contribution < 1.29 is 51.0 Å². The molecule has 0 N–H and O–H groups in total. The Bertz CT molecular complexity index is 1980. The summed E-state index contributed by atoms with van der Waals surface area (Å²) in [6.07, 6.45) is 9.35. The Balaban J connectivity index is 0.00000135. The van der Waals surface area contributed by atoms with Crippen LogP contribution in [0.25, 0.3) is 45.0 Å². The Morgan fingerprint density at radius 2 is 1.17 bits per heavy atom. The molecule has 3 heteroatoms. The Hall–Kier alpha value is -3.22. The zero-order valence-corrected chi connectivity index (χ0v) is 27.6. The van der Waals surface area contributed by atoms with Crippen LogP contribution in [0.3, 0.4) is 0 Å². The van der Waals surface area contributed by atoms with Gasteiger partial charge in [0.2, 0.25) is 0 Å². The first-order chi connectivity index (χ1) is 19.2. The summed E-state index contributed by atoms with van der Waals surface area (Å²) >= 11 is 0. The molecule has 2 aliphatic carbocycles. The summed E-state index contributed by atoms with van der Waals surface area (Å²) < 4.78 is 0. The van der Waals surface area contributed by atoms with Crippen LogP contribution in [-0.4, -0.2) is 0 Å². The van der Waals surface area contributed by atoms with Crippen LogP contribution in [0.4, 0.5) is 0 Å². The van der Waals surface area contributed by atoms with Crippen molar-refractivity contribution in [3.8, 4) is 22.3 Å². The molecule has 0 amide bonds. The van der Waals surface area contributed by atoms with Crippen LogP contribution in [0, 0.1) is 10.4 Å². The average molecular weight is 660 g/mol. The molecule has 1 radical (unpaired) electrons. The topological polar surface area (TPSA) is 0 Å². The van der Waals surface area contributed by atoms with E-state index in [4.69, 9.17) is 0 Å². The molecule has 0 aromatic heterocycles. The normalized spacial score (nSPS) is 12.3. The van der Waals surface area contributed by atoms with Crippen molar-refractivity contribution in [3.05, 3.63) is 165 Å². The Labute approximate surface area is 279 Å². The standard InChI is InChI=1S/C39H29.2ClH.Zr/c1-26(2)33-20-21-36-34-17-10-9-16-29(34)25-38(36)39(33)37-19-11-18-35(37)32-23-30(27-12-5-3-6-13-27)22-31(24-32)28-14-7-4-8-15-28;;;/h3-18,20-24H,19H2,1-2H3;2*1H;/q-1;;;+3/p-2. The van der Waals surface area contributed by atoms with Gasteiger partial charge in [-0.15, -0.1) is 33.4 Å². The fourth-order valence-corrected chi connectivity index (χ4v) is 6.04. The van der Waals surface area contributed by atoms with E-state index >= 15 is 0 Å². The molecule has 2 aliphatic rings. The van der Waals surface area contributed by atoms with E-state index in [-0.39, 0.29) is 51.0 Å². The van der Waals surface area contributed by atoms with E-state index in [1.165, 1.54) is 76.5 Å². The molecule has 0 saturated carbocycles. The van der Waals surface area contributed by atoms with E-state index in [0.717, 1.165) is 6.42 Å². The summed E-state index contributed by atoms with van der Waals surface area (Å²) in [4.78, 5) is 0. The van der Waals surface area contributed by atoms with E-state index in [9.17, 15) is 0 Å². The van der Waals surface area contributed by atoms with E-state index in [1.54, 1.807) is 0 Å². The fraction of sp³-hybridized carbons (Fsp3) is 0.0769.